The first-order valence-electron chi connectivity index (χ1n) is 11.9. The summed E-state index contributed by atoms with van der Waals surface area (Å²) in [5.41, 5.74) is 11.1. The van der Waals surface area contributed by atoms with E-state index in [1.165, 1.54) is 0 Å². The third-order valence-corrected chi connectivity index (χ3v) is 6.41. The molecule has 2 aromatic carbocycles. The fraction of sp³-hybridized carbons (Fsp3) is 0.107. The van der Waals surface area contributed by atoms with Gasteiger partial charge in [0.05, 0.1) is 17.8 Å². The van der Waals surface area contributed by atoms with E-state index in [0.29, 0.717) is 22.4 Å². The van der Waals surface area contributed by atoms with Crippen molar-refractivity contribution in [1.29, 1.82) is 0 Å². The average molecular weight is 489 g/mol. The molecule has 0 aliphatic rings. The van der Waals surface area contributed by atoms with Crippen molar-refractivity contribution >= 4 is 33.7 Å². The normalized spacial score (nSPS) is 12.2. The monoisotopic (exact) mass is 488 g/mol. The highest BCUT2D eigenvalue weighted by Gasteiger charge is 2.20. The van der Waals surface area contributed by atoms with Gasteiger partial charge < -0.3 is 16.0 Å². The summed E-state index contributed by atoms with van der Waals surface area (Å²) in [4.78, 5) is 34.5. The quantitative estimate of drug-likeness (QED) is 0.319. The molecule has 0 radical (unpaired) electrons. The van der Waals surface area contributed by atoms with Gasteiger partial charge in [0.1, 0.15) is 5.52 Å². The fourth-order valence-corrected chi connectivity index (χ4v) is 4.65. The average Bonchev–Trinajstić information content (AvgIpc) is 3.38. The minimum atomic E-state index is -0.317. The van der Waals surface area contributed by atoms with Gasteiger partial charge in [0.2, 0.25) is 5.95 Å². The molecule has 0 saturated heterocycles. The zero-order valence-corrected chi connectivity index (χ0v) is 20.3. The Labute approximate surface area is 212 Å². The van der Waals surface area contributed by atoms with Crippen LogP contribution in [0.3, 0.4) is 0 Å². The SMILES string of the molecule is Cc1ccc(-c2cccc3cc(C(C)Nc4nc(N)nc5nc[nH]c45)n(-c4ccccc4)c(=O)c23)cn1. The Morgan fingerprint density at radius 1 is 1.00 bits per heavy atom. The van der Waals surface area contributed by atoms with Crippen LogP contribution in [-0.4, -0.2) is 29.5 Å². The predicted molar refractivity (Wildman–Crippen MR) is 146 cm³/mol. The zero-order valence-electron chi connectivity index (χ0n) is 20.3. The number of aryl methyl sites for hydroxylation is 1. The molecule has 0 spiro atoms. The molecule has 0 fully saturated rings. The molecule has 1 unspecified atom stereocenters. The Kier molecular flexibility index (Phi) is 5.37. The number of aromatic nitrogens is 6. The summed E-state index contributed by atoms with van der Waals surface area (Å²) >= 11 is 0. The number of anilines is 2. The van der Waals surface area contributed by atoms with Crippen LogP contribution in [0.5, 0.6) is 0 Å². The number of nitrogen functional groups attached to an aromatic ring is 1. The highest BCUT2D eigenvalue weighted by atomic mass is 16.1. The molecular formula is C28H24N8O. The molecular weight excluding hydrogens is 464 g/mol. The molecule has 37 heavy (non-hydrogen) atoms. The van der Waals surface area contributed by atoms with Crippen LogP contribution >= 0.6 is 0 Å². The predicted octanol–water partition coefficient (Wildman–Crippen LogP) is 4.78. The third-order valence-electron chi connectivity index (χ3n) is 6.41. The molecule has 0 saturated carbocycles. The molecule has 4 heterocycles. The van der Waals surface area contributed by atoms with Crippen molar-refractivity contribution < 1.29 is 0 Å². The molecule has 1 atom stereocenters. The lowest BCUT2D eigenvalue weighted by atomic mass is 9.98. The number of nitrogens with two attached hydrogens (primary N) is 1. The summed E-state index contributed by atoms with van der Waals surface area (Å²) < 4.78 is 1.75. The lowest BCUT2D eigenvalue weighted by Gasteiger charge is -2.22. The highest BCUT2D eigenvalue weighted by molar-refractivity contribution is 5.96. The second-order valence-corrected chi connectivity index (χ2v) is 8.90. The lowest BCUT2D eigenvalue weighted by Crippen LogP contribution is -2.26. The van der Waals surface area contributed by atoms with Crippen LogP contribution in [0.1, 0.15) is 24.4 Å². The number of imidazole rings is 1. The molecule has 6 aromatic rings. The number of hydrogen-bond donors (Lipinski definition) is 3. The maximum atomic E-state index is 14.2. The number of pyridine rings is 2. The van der Waals surface area contributed by atoms with E-state index in [2.05, 4.69) is 30.2 Å². The topological polar surface area (TPSA) is 127 Å². The standard InChI is InChI=1S/C28H24N8O/c1-16-11-12-19(14-30-16)21-10-6-7-18-13-22(36(27(37)23(18)21)20-8-4-3-5-9-20)17(2)33-26-24-25(32-15-31-24)34-28(29)35-26/h3-15,17H,1-2H3,(H4,29,31,32,33,34,35). The van der Waals surface area contributed by atoms with E-state index in [1.54, 1.807) is 10.9 Å². The Morgan fingerprint density at radius 3 is 2.62 bits per heavy atom. The van der Waals surface area contributed by atoms with Gasteiger partial charge in [0.25, 0.3) is 5.56 Å². The van der Waals surface area contributed by atoms with E-state index >= 15 is 0 Å². The number of para-hydroxylation sites is 1. The molecule has 0 aliphatic carbocycles. The summed E-state index contributed by atoms with van der Waals surface area (Å²) in [6.45, 7) is 3.92. The van der Waals surface area contributed by atoms with Gasteiger partial charge in [-0.05, 0) is 49.1 Å². The number of nitrogens with zero attached hydrogens (tertiary/aromatic N) is 5. The Hall–Kier alpha value is -5.05. The molecule has 0 amide bonds. The largest absolute Gasteiger partial charge is 0.368 e. The van der Waals surface area contributed by atoms with E-state index in [-0.39, 0.29) is 17.5 Å². The minimum absolute atomic E-state index is 0.114. The van der Waals surface area contributed by atoms with Crippen LogP contribution in [0.4, 0.5) is 11.8 Å². The van der Waals surface area contributed by atoms with Crippen LogP contribution in [-0.2, 0) is 0 Å². The van der Waals surface area contributed by atoms with Gasteiger partial charge in [0, 0.05) is 28.8 Å². The molecule has 0 bridgehead atoms. The first kappa shape index (κ1) is 22.4. The van der Waals surface area contributed by atoms with Crippen LogP contribution < -0.4 is 16.6 Å². The van der Waals surface area contributed by atoms with E-state index in [0.717, 1.165) is 33.6 Å². The van der Waals surface area contributed by atoms with Gasteiger partial charge >= 0.3 is 0 Å². The maximum Gasteiger partial charge on any atom is 0.263 e. The summed E-state index contributed by atoms with van der Waals surface area (Å²) in [6.07, 6.45) is 3.36. The number of aromatic amines is 1. The lowest BCUT2D eigenvalue weighted by molar-refractivity contribution is 0.774. The Bertz CT molecular complexity index is 1810. The van der Waals surface area contributed by atoms with Crippen molar-refractivity contribution in [3.63, 3.8) is 0 Å². The van der Waals surface area contributed by atoms with Gasteiger partial charge in [-0.3, -0.25) is 14.3 Å². The van der Waals surface area contributed by atoms with Crippen molar-refractivity contribution in [3.8, 4) is 16.8 Å². The van der Waals surface area contributed by atoms with Crippen LogP contribution in [0.15, 0.2) is 84.0 Å². The van der Waals surface area contributed by atoms with Gasteiger partial charge in [-0.25, -0.2) is 4.98 Å². The smallest absolute Gasteiger partial charge is 0.263 e. The van der Waals surface area contributed by atoms with Crippen LogP contribution in [0.2, 0.25) is 0 Å². The second kappa shape index (κ2) is 8.87. The van der Waals surface area contributed by atoms with Crippen molar-refractivity contribution in [2.45, 2.75) is 19.9 Å². The Morgan fingerprint density at radius 2 is 1.84 bits per heavy atom. The summed E-state index contributed by atoms with van der Waals surface area (Å²) in [5.74, 6) is 0.628. The first-order chi connectivity index (χ1) is 18.0. The summed E-state index contributed by atoms with van der Waals surface area (Å²) in [5, 5.41) is 4.89. The fourth-order valence-electron chi connectivity index (χ4n) is 4.65. The van der Waals surface area contributed by atoms with Crippen LogP contribution in [0, 0.1) is 6.92 Å². The number of nitrogens with one attached hydrogen (secondary N) is 2. The third kappa shape index (κ3) is 3.96. The second-order valence-electron chi connectivity index (χ2n) is 8.90. The van der Waals surface area contributed by atoms with Crippen LogP contribution in [0.25, 0.3) is 38.8 Å². The van der Waals surface area contributed by atoms with Gasteiger partial charge in [-0.1, -0.05) is 42.5 Å². The maximum absolute atomic E-state index is 14.2. The molecule has 0 aliphatic heterocycles. The summed E-state index contributed by atoms with van der Waals surface area (Å²) in [7, 11) is 0. The highest BCUT2D eigenvalue weighted by Crippen LogP contribution is 2.30. The molecule has 4 aromatic heterocycles. The Balaban J connectivity index is 1.57. The molecule has 9 heteroatoms. The van der Waals surface area contributed by atoms with Crippen molar-refractivity contribution in [2.24, 2.45) is 0 Å². The van der Waals surface area contributed by atoms with Gasteiger partial charge in [-0.15, -0.1) is 0 Å². The van der Waals surface area contributed by atoms with Crippen molar-refractivity contribution in [2.75, 3.05) is 11.1 Å². The number of hydrogen-bond acceptors (Lipinski definition) is 7. The summed E-state index contributed by atoms with van der Waals surface area (Å²) in [6, 6.07) is 21.2. The first-order valence-corrected chi connectivity index (χ1v) is 11.9. The molecule has 182 valence electrons. The number of fused-ring (bicyclic) bond motifs is 2. The molecule has 6 rings (SSSR count). The van der Waals surface area contributed by atoms with Crippen molar-refractivity contribution in [1.82, 2.24) is 29.5 Å². The zero-order chi connectivity index (χ0) is 25.5. The number of H-pyrrole nitrogens is 1. The van der Waals surface area contributed by atoms with Crippen molar-refractivity contribution in [3.05, 3.63) is 101 Å². The van der Waals surface area contributed by atoms with E-state index in [4.69, 9.17) is 5.73 Å². The number of rotatable bonds is 5. The van der Waals surface area contributed by atoms with Gasteiger partial charge in [-0.2, -0.15) is 9.97 Å². The molecule has 9 nitrogen and oxygen atoms in total. The molecule has 4 N–H and O–H groups in total. The van der Waals surface area contributed by atoms with E-state index < -0.39 is 0 Å². The van der Waals surface area contributed by atoms with Gasteiger partial charge in [0.15, 0.2) is 11.5 Å². The minimum Gasteiger partial charge on any atom is -0.368 e. The van der Waals surface area contributed by atoms with E-state index in [9.17, 15) is 4.79 Å². The van der Waals surface area contributed by atoms with E-state index in [1.807, 2.05) is 86.8 Å². The number of benzene rings is 2.